The van der Waals surface area contributed by atoms with Crippen LogP contribution in [0.4, 0.5) is 0 Å². The van der Waals surface area contributed by atoms with Crippen molar-refractivity contribution in [2.24, 2.45) is 0 Å². The fourth-order valence-electron chi connectivity index (χ4n) is 3.75. The van der Waals surface area contributed by atoms with Gasteiger partial charge in [-0.1, -0.05) is 138 Å². The molecule has 0 spiro atoms. The summed E-state index contributed by atoms with van der Waals surface area (Å²) in [7, 11) is 0. The van der Waals surface area contributed by atoms with Gasteiger partial charge >= 0.3 is 0 Å². The zero-order valence-corrected chi connectivity index (χ0v) is 35.1. The van der Waals surface area contributed by atoms with E-state index in [1.165, 1.54) is 116 Å². The van der Waals surface area contributed by atoms with Crippen LogP contribution < -0.4 is 0 Å². The van der Waals surface area contributed by atoms with E-state index in [0.717, 1.165) is 38.9 Å². The molecule has 0 aliphatic rings. The molecule has 0 aromatic carbocycles. The maximum absolute atomic E-state index is 9.13. The van der Waals surface area contributed by atoms with Crippen molar-refractivity contribution in [3.8, 4) is 0 Å². The maximum atomic E-state index is 9.13. The molecule has 0 saturated carbocycles. The van der Waals surface area contributed by atoms with E-state index in [4.69, 9.17) is 5.11 Å². The molecule has 0 rings (SSSR count). The quantitative estimate of drug-likeness (QED) is 0.0793. The van der Waals surface area contributed by atoms with E-state index in [1.54, 1.807) is 0 Å². The summed E-state index contributed by atoms with van der Waals surface area (Å²) in [6.45, 7) is 29.6. The molecule has 4 heteroatoms. The molecule has 244 valence electrons. The Bertz CT molecular complexity index is 281. The second kappa shape index (κ2) is 68.3. The summed E-state index contributed by atoms with van der Waals surface area (Å²) in [6.07, 6.45) is 29.3. The van der Waals surface area contributed by atoms with Crippen LogP contribution in [0.25, 0.3) is 0 Å². The Morgan fingerprint density at radius 2 is 0.850 bits per heavy atom. The fraction of sp³-hybridized carbons (Fsp3) is 0.889. The third-order valence-corrected chi connectivity index (χ3v) is 6.00. The molecular formula is C36H79NOY2-4. The minimum atomic E-state index is 0. The van der Waals surface area contributed by atoms with Crippen LogP contribution in [0, 0.1) is 27.2 Å². The first kappa shape index (κ1) is 57.7. The van der Waals surface area contributed by atoms with Gasteiger partial charge in [0, 0.05) is 72.0 Å². The van der Waals surface area contributed by atoms with Gasteiger partial charge in [0.15, 0.2) is 0 Å². The van der Waals surface area contributed by atoms with E-state index in [1.807, 2.05) is 27.7 Å². The average Bonchev–Trinajstić information content (AvgIpc) is 2.96. The van der Waals surface area contributed by atoms with Gasteiger partial charge in [0.25, 0.3) is 0 Å². The first-order valence-corrected chi connectivity index (χ1v) is 17.2. The van der Waals surface area contributed by atoms with E-state index in [0.29, 0.717) is 6.61 Å². The van der Waals surface area contributed by atoms with Crippen LogP contribution in [-0.2, 0) is 65.4 Å². The summed E-state index contributed by atoms with van der Waals surface area (Å²) in [4.78, 5) is 2.43. The molecule has 2 nitrogen and oxygen atoms in total. The molecule has 0 amide bonds. The first-order valence-electron chi connectivity index (χ1n) is 17.2. The van der Waals surface area contributed by atoms with Crippen molar-refractivity contribution in [3.05, 3.63) is 27.2 Å². The fourth-order valence-corrected chi connectivity index (χ4v) is 3.75. The molecule has 0 aliphatic heterocycles. The zero-order valence-electron chi connectivity index (χ0n) is 29.4. The largest absolute Gasteiger partial charge is 0.395 e. The third kappa shape index (κ3) is 72.4. The minimum Gasteiger partial charge on any atom is -0.395 e. The summed E-state index contributed by atoms with van der Waals surface area (Å²) in [5.74, 6) is 0. The molecule has 1 N–H and O–H groups in total. The van der Waals surface area contributed by atoms with E-state index < -0.39 is 0 Å². The van der Waals surface area contributed by atoms with Gasteiger partial charge in [-0.2, -0.15) is 32.1 Å². The van der Waals surface area contributed by atoms with Crippen molar-refractivity contribution in [1.29, 1.82) is 0 Å². The normalized spacial score (nSPS) is 9.30. The Kier molecular flexibility index (Phi) is 98.7. The molecule has 0 aromatic heterocycles. The number of aliphatic hydroxyl groups excluding tert-OH is 1. The Labute approximate surface area is 309 Å². The van der Waals surface area contributed by atoms with Crippen LogP contribution in [0.5, 0.6) is 0 Å². The molecule has 0 aromatic rings. The van der Waals surface area contributed by atoms with Gasteiger partial charge in [-0.25, -0.2) is 0 Å². The second-order valence-corrected chi connectivity index (χ2v) is 9.56. The van der Waals surface area contributed by atoms with Crippen LogP contribution in [0.15, 0.2) is 0 Å². The molecule has 0 aliphatic carbocycles. The van der Waals surface area contributed by atoms with Gasteiger partial charge < -0.3 is 37.2 Å². The van der Waals surface area contributed by atoms with Crippen LogP contribution in [0.1, 0.15) is 183 Å². The monoisotopic (exact) mass is 719 g/mol. The Balaban J connectivity index is -0.0000000903. The van der Waals surface area contributed by atoms with E-state index in [2.05, 4.69) is 52.9 Å². The summed E-state index contributed by atoms with van der Waals surface area (Å²) >= 11 is 0. The molecule has 0 atom stereocenters. The van der Waals surface area contributed by atoms with Crippen LogP contribution >= 0.6 is 0 Å². The standard InChI is InChI=1S/C18H37NO.C8H17.C6H13.2C2H6.2Y/c1-3-5-7-9-11-13-15-19(17-18-20)16-14-12-10-8-6-4-2;1-3-5-7-8-6-4-2;1-3-5-6-4-2;2*1-2;;/h20H,1-18H2;1,3-8H2,2H3;5H,3-4,6H2,1-2H3;2*1-2H3;;/q-2;2*-1;;;;. The molecule has 2 radical (unpaired) electrons. The van der Waals surface area contributed by atoms with Crippen molar-refractivity contribution in [3.63, 3.8) is 0 Å². The van der Waals surface area contributed by atoms with Gasteiger partial charge in [-0.15, -0.1) is 0 Å². The predicted octanol–water partition coefficient (Wildman–Crippen LogP) is 12.3. The maximum Gasteiger partial charge on any atom is 0.0558 e. The zero-order chi connectivity index (χ0) is 30.0. The topological polar surface area (TPSA) is 23.5 Å². The molecular weight excluding hydrogens is 640 g/mol. The number of hydrogen-bond acceptors (Lipinski definition) is 2. The number of unbranched alkanes of at least 4 members (excludes halogenated alkanes) is 18. The van der Waals surface area contributed by atoms with Crippen molar-refractivity contribution in [2.75, 3.05) is 26.2 Å². The predicted molar refractivity (Wildman–Crippen MR) is 181 cm³/mol. The Hall–Kier alpha value is 2.13. The number of nitrogens with zero attached hydrogens (tertiary/aromatic N) is 1. The van der Waals surface area contributed by atoms with Crippen LogP contribution in [-0.4, -0.2) is 36.2 Å². The molecule has 0 fully saturated rings. The Morgan fingerprint density at radius 1 is 0.500 bits per heavy atom. The average molecular weight is 720 g/mol. The first-order chi connectivity index (χ1) is 18.7. The molecule has 0 unspecified atom stereocenters. The molecule has 0 saturated heterocycles. The van der Waals surface area contributed by atoms with E-state index in [9.17, 15) is 0 Å². The Morgan fingerprint density at radius 3 is 1.12 bits per heavy atom. The minimum absolute atomic E-state index is 0. The third-order valence-electron chi connectivity index (χ3n) is 6.00. The second-order valence-electron chi connectivity index (χ2n) is 9.56. The number of aliphatic hydroxyl groups is 1. The van der Waals surface area contributed by atoms with Gasteiger partial charge in [0.05, 0.1) is 6.61 Å². The molecule has 40 heavy (non-hydrogen) atoms. The van der Waals surface area contributed by atoms with Gasteiger partial charge in [0.1, 0.15) is 0 Å². The van der Waals surface area contributed by atoms with Crippen molar-refractivity contribution >= 4 is 0 Å². The van der Waals surface area contributed by atoms with E-state index in [-0.39, 0.29) is 65.4 Å². The van der Waals surface area contributed by atoms with Crippen molar-refractivity contribution < 1.29 is 70.5 Å². The van der Waals surface area contributed by atoms with E-state index >= 15 is 0 Å². The smallest absolute Gasteiger partial charge is 0.0558 e. The number of rotatable bonds is 24. The summed E-state index contributed by atoms with van der Waals surface area (Å²) < 4.78 is 0. The van der Waals surface area contributed by atoms with Gasteiger partial charge in [0.2, 0.25) is 0 Å². The molecule has 0 bridgehead atoms. The molecule has 0 heterocycles. The number of hydrogen-bond donors (Lipinski definition) is 1. The van der Waals surface area contributed by atoms with Gasteiger partial charge in [-0.05, 0) is 25.9 Å². The van der Waals surface area contributed by atoms with Crippen molar-refractivity contribution in [2.45, 2.75) is 183 Å². The van der Waals surface area contributed by atoms with Crippen molar-refractivity contribution in [1.82, 2.24) is 4.90 Å². The van der Waals surface area contributed by atoms with Crippen LogP contribution in [0.3, 0.4) is 0 Å². The summed E-state index contributed by atoms with van der Waals surface area (Å²) in [6, 6.07) is 0. The SMILES string of the molecule is CC.CC.CC[CH-]CCC.[CH2-]CCCCCCC.[CH2-]CCCCCCCN(CCO)CCCCCCC[CH2-].[Y].[Y]. The summed E-state index contributed by atoms with van der Waals surface area (Å²) in [5.41, 5.74) is 0. The van der Waals surface area contributed by atoms with Crippen LogP contribution in [0.2, 0.25) is 0 Å². The summed E-state index contributed by atoms with van der Waals surface area (Å²) in [5, 5.41) is 9.13. The van der Waals surface area contributed by atoms with Gasteiger partial charge in [-0.3, -0.25) is 0 Å².